The molecule has 0 aliphatic carbocycles. The third-order valence-corrected chi connectivity index (χ3v) is 6.41. The van der Waals surface area contributed by atoms with Gasteiger partial charge >= 0.3 is 0 Å². The maximum absolute atomic E-state index is 13.2. The van der Waals surface area contributed by atoms with Gasteiger partial charge in [0.25, 0.3) is 10.0 Å². The predicted molar refractivity (Wildman–Crippen MR) is 105 cm³/mol. The molecule has 7 heteroatoms. The number of hydrogen-bond donors (Lipinski definition) is 1. The predicted octanol–water partition coefficient (Wildman–Crippen LogP) is 2.58. The number of aryl methyl sites for hydroxylation is 1. The smallest absolute Gasteiger partial charge is 0.265 e. The molecule has 0 spiro atoms. The molecule has 1 aliphatic heterocycles. The molecule has 1 N–H and O–H groups in total. The fourth-order valence-electron chi connectivity index (χ4n) is 3.31. The van der Waals surface area contributed by atoms with Crippen LogP contribution in [0.25, 0.3) is 11.1 Å². The van der Waals surface area contributed by atoms with Crippen LogP contribution in [0.3, 0.4) is 0 Å². The van der Waals surface area contributed by atoms with Gasteiger partial charge in [0.2, 0.25) is 5.91 Å². The Hall–Kier alpha value is -2.38. The lowest BCUT2D eigenvalue weighted by Gasteiger charge is -2.32. The molecule has 2 aromatic rings. The van der Waals surface area contributed by atoms with Gasteiger partial charge in [-0.3, -0.25) is 9.10 Å². The molecule has 6 nitrogen and oxygen atoms in total. The molecule has 0 saturated carbocycles. The van der Waals surface area contributed by atoms with Gasteiger partial charge in [0.15, 0.2) is 0 Å². The molecule has 1 heterocycles. The molecule has 0 unspecified atom stereocenters. The van der Waals surface area contributed by atoms with Crippen molar-refractivity contribution < 1.29 is 17.9 Å². The lowest BCUT2D eigenvalue weighted by molar-refractivity contribution is -0.120. The minimum Gasteiger partial charge on any atom is -0.383 e. The molecule has 1 atom stereocenters. The molecule has 0 saturated heterocycles. The van der Waals surface area contributed by atoms with Crippen molar-refractivity contribution >= 4 is 21.6 Å². The van der Waals surface area contributed by atoms with Gasteiger partial charge in [-0.2, -0.15) is 0 Å². The molecule has 2 aromatic carbocycles. The molecule has 0 aromatic heterocycles. The zero-order chi connectivity index (χ0) is 19.6. The summed E-state index contributed by atoms with van der Waals surface area (Å²) in [7, 11) is -2.27. The van der Waals surface area contributed by atoms with Gasteiger partial charge < -0.3 is 10.1 Å². The lowest BCUT2D eigenvalue weighted by Crippen LogP contribution is -2.45. The van der Waals surface area contributed by atoms with E-state index in [-0.39, 0.29) is 23.4 Å². The van der Waals surface area contributed by atoms with E-state index < -0.39 is 10.0 Å². The van der Waals surface area contributed by atoms with E-state index >= 15 is 0 Å². The summed E-state index contributed by atoms with van der Waals surface area (Å²) in [4.78, 5) is 12.7. The summed E-state index contributed by atoms with van der Waals surface area (Å²) >= 11 is 0. The van der Waals surface area contributed by atoms with E-state index in [9.17, 15) is 13.2 Å². The summed E-state index contributed by atoms with van der Waals surface area (Å²) in [5.41, 5.74) is 3.14. The highest BCUT2D eigenvalue weighted by Gasteiger charge is 2.36. The summed E-state index contributed by atoms with van der Waals surface area (Å²) in [6.45, 7) is 3.94. The normalized spacial score (nSPS) is 15.6. The first kappa shape index (κ1) is 19.4. The van der Waals surface area contributed by atoms with Gasteiger partial charge in [-0.1, -0.05) is 31.2 Å². The minimum absolute atomic E-state index is 0.204. The molecule has 0 fully saturated rings. The number of benzene rings is 2. The van der Waals surface area contributed by atoms with E-state index in [4.69, 9.17) is 4.74 Å². The van der Waals surface area contributed by atoms with Gasteiger partial charge in [0.05, 0.1) is 17.2 Å². The average Bonchev–Trinajstić information content (AvgIpc) is 2.65. The molecule has 0 radical (unpaired) electrons. The van der Waals surface area contributed by atoms with Crippen molar-refractivity contribution in [2.75, 3.05) is 24.6 Å². The van der Waals surface area contributed by atoms with Gasteiger partial charge in [-0.05, 0) is 37.1 Å². The number of rotatable bonds is 6. The van der Waals surface area contributed by atoms with Crippen molar-refractivity contribution in [3.05, 3.63) is 48.0 Å². The van der Waals surface area contributed by atoms with E-state index in [0.29, 0.717) is 17.9 Å². The summed E-state index contributed by atoms with van der Waals surface area (Å²) in [5, 5.41) is 2.77. The van der Waals surface area contributed by atoms with Crippen molar-refractivity contribution in [3.8, 4) is 11.1 Å². The first-order valence-electron chi connectivity index (χ1n) is 8.91. The van der Waals surface area contributed by atoms with Crippen molar-refractivity contribution in [3.63, 3.8) is 0 Å². The Labute approximate surface area is 160 Å². The first-order chi connectivity index (χ1) is 12.9. The van der Waals surface area contributed by atoms with Crippen LogP contribution in [0.1, 0.15) is 19.4 Å². The second-order valence-electron chi connectivity index (χ2n) is 6.64. The van der Waals surface area contributed by atoms with Crippen molar-refractivity contribution in [1.82, 2.24) is 5.32 Å². The number of methoxy groups -OCH3 is 1. The topological polar surface area (TPSA) is 75.7 Å². The maximum atomic E-state index is 13.2. The number of anilines is 1. The number of ether oxygens (including phenoxy) is 1. The van der Waals surface area contributed by atoms with E-state index in [0.717, 1.165) is 17.5 Å². The van der Waals surface area contributed by atoms with Crippen LogP contribution >= 0.6 is 0 Å². The average molecular weight is 388 g/mol. The van der Waals surface area contributed by atoms with Gasteiger partial charge in [-0.25, -0.2) is 8.42 Å². The Morgan fingerprint density at radius 1 is 1.19 bits per heavy atom. The Morgan fingerprint density at radius 3 is 2.63 bits per heavy atom. The zero-order valence-electron chi connectivity index (χ0n) is 15.7. The number of nitrogens with one attached hydrogen (secondary N) is 1. The quantitative estimate of drug-likeness (QED) is 0.825. The second kappa shape index (κ2) is 7.70. The number of hydrogen-bond acceptors (Lipinski definition) is 4. The zero-order valence-corrected chi connectivity index (χ0v) is 16.5. The Bertz CT molecular complexity index is 956. The number of fused-ring (bicyclic) bond motifs is 3. The standard InChI is InChI=1S/C20H24N2O4S/c1-4-15-9-10-18-17(11-15)16-7-5-6-8-19(16)27(24,25)22(18)12-20(23)21-14(2)13-26-3/h5-11,14H,4,12-13H2,1-3H3,(H,21,23)/t14-/m0/s1. The van der Waals surface area contributed by atoms with E-state index in [1.807, 2.05) is 31.2 Å². The second-order valence-corrected chi connectivity index (χ2v) is 8.47. The van der Waals surface area contributed by atoms with E-state index in [1.54, 1.807) is 25.3 Å². The first-order valence-corrected chi connectivity index (χ1v) is 10.4. The minimum atomic E-state index is -3.82. The van der Waals surface area contributed by atoms with Crippen LogP contribution in [-0.4, -0.2) is 40.6 Å². The van der Waals surface area contributed by atoms with Crippen LogP contribution < -0.4 is 9.62 Å². The van der Waals surface area contributed by atoms with E-state index in [2.05, 4.69) is 12.2 Å². The third kappa shape index (κ3) is 3.70. The number of sulfonamides is 1. The van der Waals surface area contributed by atoms with Crippen LogP contribution in [0, 0.1) is 0 Å². The molecular formula is C20H24N2O4S. The molecule has 1 aliphatic rings. The fraction of sp³-hybridized carbons (Fsp3) is 0.350. The Balaban J connectivity index is 2.04. The lowest BCUT2D eigenvalue weighted by atomic mass is 9.99. The number of carbonyl (C=O) groups excluding carboxylic acids is 1. The molecular weight excluding hydrogens is 364 g/mol. The Morgan fingerprint density at radius 2 is 1.93 bits per heavy atom. The van der Waals surface area contributed by atoms with Gasteiger partial charge in [-0.15, -0.1) is 0 Å². The monoisotopic (exact) mass is 388 g/mol. The third-order valence-electron chi connectivity index (χ3n) is 4.59. The summed E-state index contributed by atoms with van der Waals surface area (Å²) in [5.74, 6) is -0.368. The summed E-state index contributed by atoms with van der Waals surface area (Å²) in [6.07, 6.45) is 0.844. The summed E-state index contributed by atoms with van der Waals surface area (Å²) in [6, 6.07) is 12.4. The number of nitrogens with zero attached hydrogens (tertiary/aromatic N) is 1. The molecule has 27 heavy (non-hydrogen) atoms. The molecule has 3 rings (SSSR count). The van der Waals surface area contributed by atoms with Crippen molar-refractivity contribution in [2.24, 2.45) is 0 Å². The highest BCUT2D eigenvalue weighted by atomic mass is 32.2. The van der Waals surface area contributed by atoms with Gasteiger partial charge in [0.1, 0.15) is 6.54 Å². The van der Waals surface area contributed by atoms with Crippen LogP contribution in [0.5, 0.6) is 0 Å². The molecule has 144 valence electrons. The van der Waals surface area contributed by atoms with Crippen molar-refractivity contribution in [2.45, 2.75) is 31.2 Å². The van der Waals surface area contributed by atoms with Crippen LogP contribution in [0.15, 0.2) is 47.4 Å². The highest BCUT2D eigenvalue weighted by molar-refractivity contribution is 7.93. The number of amides is 1. The fourth-order valence-corrected chi connectivity index (χ4v) is 4.96. The van der Waals surface area contributed by atoms with Crippen LogP contribution in [0.2, 0.25) is 0 Å². The molecule has 0 bridgehead atoms. The SMILES string of the molecule is CCc1ccc2c(c1)-c1ccccc1S(=O)(=O)N2CC(=O)N[C@@H](C)COC. The van der Waals surface area contributed by atoms with Gasteiger partial charge in [0, 0.05) is 24.3 Å². The number of carbonyl (C=O) groups is 1. The maximum Gasteiger partial charge on any atom is 0.265 e. The summed E-state index contributed by atoms with van der Waals surface area (Å²) < 4.78 is 32.6. The van der Waals surface area contributed by atoms with Crippen LogP contribution in [-0.2, 0) is 26.0 Å². The van der Waals surface area contributed by atoms with Crippen molar-refractivity contribution in [1.29, 1.82) is 0 Å². The van der Waals surface area contributed by atoms with Crippen LogP contribution in [0.4, 0.5) is 5.69 Å². The highest BCUT2D eigenvalue weighted by Crippen LogP contribution is 2.43. The van der Waals surface area contributed by atoms with E-state index in [1.165, 1.54) is 4.31 Å². The largest absolute Gasteiger partial charge is 0.383 e. The molecule has 1 amide bonds. The Kier molecular flexibility index (Phi) is 5.53.